The Balaban J connectivity index is 1.42. The van der Waals surface area contributed by atoms with Gasteiger partial charge in [0.15, 0.2) is 0 Å². The van der Waals surface area contributed by atoms with Crippen molar-refractivity contribution in [2.24, 2.45) is 5.92 Å². The standard InChI is InChI=1S/C25H31N5O5S/c1-17(2)29-36(32,33)20-11-12-22(34-3)21(14-20)26-25(31)19-10-7-13-30(15-19)16-23-27-24(28-35-23)18-8-5-4-6-9-18/h4-6,8-9,11-12,14,17,19,29H,7,10,13,15-16H2,1-3H3,(H,26,31). The van der Waals surface area contributed by atoms with Gasteiger partial charge in [-0.05, 0) is 51.4 Å². The van der Waals surface area contributed by atoms with Gasteiger partial charge in [0.25, 0.3) is 0 Å². The molecule has 1 aliphatic rings. The molecule has 1 aliphatic heterocycles. The van der Waals surface area contributed by atoms with Gasteiger partial charge in [-0.1, -0.05) is 35.5 Å². The number of carbonyl (C=O) groups excluding carboxylic acids is 1. The zero-order valence-corrected chi connectivity index (χ0v) is 21.4. The number of likely N-dealkylation sites (tertiary alicyclic amines) is 1. The number of benzene rings is 2. The number of hydrogen-bond acceptors (Lipinski definition) is 8. The van der Waals surface area contributed by atoms with Crippen LogP contribution in [-0.2, 0) is 21.4 Å². The smallest absolute Gasteiger partial charge is 0.241 e. The number of ether oxygens (including phenoxy) is 1. The first-order valence-corrected chi connectivity index (χ1v) is 13.3. The van der Waals surface area contributed by atoms with Gasteiger partial charge in [-0.2, -0.15) is 4.98 Å². The molecular weight excluding hydrogens is 482 g/mol. The Hall–Kier alpha value is -3.28. The summed E-state index contributed by atoms with van der Waals surface area (Å²) >= 11 is 0. The first-order chi connectivity index (χ1) is 17.2. The summed E-state index contributed by atoms with van der Waals surface area (Å²) in [5.74, 6) is 0.936. The van der Waals surface area contributed by atoms with Gasteiger partial charge in [0.05, 0.1) is 30.2 Å². The third-order valence-electron chi connectivity index (χ3n) is 5.87. The monoisotopic (exact) mass is 513 g/mol. The van der Waals surface area contributed by atoms with Gasteiger partial charge in [-0.15, -0.1) is 0 Å². The fourth-order valence-corrected chi connectivity index (χ4v) is 5.47. The Labute approximate surface area is 211 Å². The molecule has 1 fully saturated rings. The molecule has 2 aromatic carbocycles. The highest BCUT2D eigenvalue weighted by Crippen LogP contribution is 2.29. The fraction of sp³-hybridized carbons (Fsp3) is 0.400. The van der Waals surface area contributed by atoms with Crippen LogP contribution in [0.5, 0.6) is 5.75 Å². The number of hydrogen-bond donors (Lipinski definition) is 2. The summed E-state index contributed by atoms with van der Waals surface area (Å²) in [6.45, 7) is 5.27. The van der Waals surface area contributed by atoms with Crippen LogP contribution in [0.1, 0.15) is 32.6 Å². The third kappa shape index (κ3) is 6.28. The van der Waals surface area contributed by atoms with E-state index in [9.17, 15) is 13.2 Å². The number of piperidine rings is 1. The minimum Gasteiger partial charge on any atom is -0.495 e. The molecule has 1 aromatic heterocycles. The Kier molecular flexibility index (Phi) is 8.02. The molecule has 2 N–H and O–H groups in total. The highest BCUT2D eigenvalue weighted by Gasteiger charge is 2.28. The number of rotatable bonds is 9. The summed E-state index contributed by atoms with van der Waals surface area (Å²) in [6, 6.07) is 13.8. The second-order valence-electron chi connectivity index (χ2n) is 9.08. The molecule has 0 aliphatic carbocycles. The van der Waals surface area contributed by atoms with Crippen LogP contribution < -0.4 is 14.8 Å². The number of aromatic nitrogens is 2. The van der Waals surface area contributed by atoms with Crippen molar-refractivity contribution in [1.82, 2.24) is 19.8 Å². The van der Waals surface area contributed by atoms with Crippen LogP contribution in [0.25, 0.3) is 11.4 Å². The van der Waals surface area contributed by atoms with E-state index >= 15 is 0 Å². The number of anilines is 1. The van der Waals surface area contributed by atoms with E-state index in [1.165, 1.54) is 25.3 Å². The van der Waals surface area contributed by atoms with Crippen molar-refractivity contribution in [2.45, 2.75) is 44.2 Å². The number of sulfonamides is 1. The lowest BCUT2D eigenvalue weighted by molar-refractivity contribution is -0.121. The van der Waals surface area contributed by atoms with E-state index in [2.05, 4.69) is 25.1 Å². The second kappa shape index (κ2) is 11.2. The predicted octanol–water partition coefficient (Wildman–Crippen LogP) is 3.28. The minimum absolute atomic E-state index is 0.0585. The SMILES string of the molecule is COc1ccc(S(=O)(=O)NC(C)C)cc1NC(=O)C1CCCN(Cc2nc(-c3ccccc3)no2)C1. The normalized spacial score (nSPS) is 16.7. The van der Waals surface area contributed by atoms with Gasteiger partial charge in [-0.3, -0.25) is 9.69 Å². The molecule has 1 atom stereocenters. The maximum atomic E-state index is 13.2. The van der Waals surface area contributed by atoms with Crippen molar-refractivity contribution in [3.05, 3.63) is 54.4 Å². The van der Waals surface area contributed by atoms with E-state index in [0.717, 1.165) is 24.9 Å². The molecule has 2 heterocycles. The molecular formula is C25H31N5O5S. The first-order valence-electron chi connectivity index (χ1n) is 11.9. The lowest BCUT2D eigenvalue weighted by Gasteiger charge is -2.31. The molecule has 4 rings (SSSR count). The summed E-state index contributed by atoms with van der Waals surface area (Å²) in [5, 5.41) is 6.94. The topological polar surface area (TPSA) is 127 Å². The molecule has 1 unspecified atom stereocenters. The van der Waals surface area contributed by atoms with Crippen LogP contribution in [0.2, 0.25) is 0 Å². The van der Waals surface area contributed by atoms with Crippen molar-refractivity contribution in [3.8, 4) is 17.1 Å². The lowest BCUT2D eigenvalue weighted by Crippen LogP contribution is -2.40. The third-order valence-corrected chi connectivity index (χ3v) is 7.52. The van der Waals surface area contributed by atoms with Crippen molar-refractivity contribution in [3.63, 3.8) is 0 Å². The van der Waals surface area contributed by atoms with Crippen LogP contribution in [0, 0.1) is 5.92 Å². The molecule has 0 saturated carbocycles. The summed E-state index contributed by atoms with van der Waals surface area (Å²) in [4.78, 5) is 19.8. The van der Waals surface area contributed by atoms with E-state index in [1.807, 2.05) is 30.3 Å². The van der Waals surface area contributed by atoms with E-state index in [-0.39, 0.29) is 22.8 Å². The Morgan fingerprint density at radius 1 is 1.22 bits per heavy atom. The maximum absolute atomic E-state index is 13.2. The van der Waals surface area contributed by atoms with Crippen molar-refractivity contribution in [2.75, 3.05) is 25.5 Å². The molecule has 1 amide bonds. The van der Waals surface area contributed by atoms with Gasteiger partial charge in [-0.25, -0.2) is 13.1 Å². The van der Waals surface area contributed by atoms with Crippen LogP contribution in [0.3, 0.4) is 0 Å². The zero-order valence-electron chi connectivity index (χ0n) is 20.6. The Morgan fingerprint density at radius 2 is 2.00 bits per heavy atom. The lowest BCUT2D eigenvalue weighted by atomic mass is 9.97. The largest absolute Gasteiger partial charge is 0.495 e. The summed E-state index contributed by atoms with van der Waals surface area (Å²) in [5.41, 5.74) is 1.20. The molecule has 36 heavy (non-hydrogen) atoms. The highest BCUT2D eigenvalue weighted by molar-refractivity contribution is 7.89. The van der Waals surface area contributed by atoms with Gasteiger partial charge >= 0.3 is 0 Å². The maximum Gasteiger partial charge on any atom is 0.241 e. The zero-order chi connectivity index (χ0) is 25.7. The van der Waals surface area contributed by atoms with E-state index in [0.29, 0.717) is 36.2 Å². The number of amides is 1. The minimum atomic E-state index is -3.72. The van der Waals surface area contributed by atoms with Gasteiger partial charge < -0.3 is 14.6 Å². The van der Waals surface area contributed by atoms with Crippen LogP contribution in [0.4, 0.5) is 5.69 Å². The predicted molar refractivity (Wildman–Crippen MR) is 135 cm³/mol. The van der Waals surface area contributed by atoms with Crippen LogP contribution >= 0.6 is 0 Å². The molecule has 1 saturated heterocycles. The molecule has 11 heteroatoms. The van der Waals surface area contributed by atoms with Crippen LogP contribution in [0.15, 0.2) is 57.9 Å². The average Bonchev–Trinajstić information content (AvgIpc) is 3.32. The van der Waals surface area contributed by atoms with Gasteiger partial charge in [0.1, 0.15) is 5.75 Å². The summed E-state index contributed by atoms with van der Waals surface area (Å²) < 4.78 is 38.5. The van der Waals surface area contributed by atoms with E-state index < -0.39 is 10.0 Å². The molecule has 192 valence electrons. The quantitative estimate of drug-likeness (QED) is 0.446. The molecule has 0 bridgehead atoms. The molecule has 0 radical (unpaired) electrons. The van der Waals surface area contributed by atoms with Crippen molar-refractivity contribution in [1.29, 1.82) is 0 Å². The highest BCUT2D eigenvalue weighted by atomic mass is 32.2. The fourth-order valence-electron chi connectivity index (χ4n) is 4.19. The number of nitrogens with zero attached hydrogens (tertiary/aromatic N) is 3. The number of methoxy groups -OCH3 is 1. The van der Waals surface area contributed by atoms with Gasteiger partial charge in [0, 0.05) is 18.2 Å². The van der Waals surface area contributed by atoms with E-state index in [1.54, 1.807) is 13.8 Å². The van der Waals surface area contributed by atoms with Crippen molar-refractivity contribution < 1.29 is 22.5 Å². The van der Waals surface area contributed by atoms with Gasteiger partial charge in [0.2, 0.25) is 27.6 Å². The molecule has 3 aromatic rings. The van der Waals surface area contributed by atoms with E-state index in [4.69, 9.17) is 9.26 Å². The number of nitrogens with one attached hydrogen (secondary N) is 2. The Bertz CT molecular complexity index is 1290. The van der Waals surface area contributed by atoms with Crippen molar-refractivity contribution >= 4 is 21.6 Å². The number of carbonyl (C=O) groups is 1. The molecule has 0 spiro atoms. The first kappa shape index (κ1) is 25.8. The average molecular weight is 514 g/mol. The second-order valence-corrected chi connectivity index (χ2v) is 10.8. The summed E-state index contributed by atoms with van der Waals surface area (Å²) in [7, 11) is -2.24. The molecule has 10 nitrogen and oxygen atoms in total. The summed E-state index contributed by atoms with van der Waals surface area (Å²) in [6.07, 6.45) is 1.55. The van der Waals surface area contributed by atoms with Crippen LogP contribution in [-0.4, -0.2) is 55.6 Å². The Morgan fingerprint density at radius 3 is 2.72 bits per heavy atom.